The summed E-state index contributed by atoms with van der Waals surface area (Å²) in [6.45, 7) is 10.8. The zero-order valence-electron chi connectivity index (χ0n) is 11.6. The summed E-state index contributed by atoms with van der Waals surface area (Å²) < 4.78 is 0. The Hall–Kier alpha value is -1.06. The molecule has 1 atom stereocenters. The van der Waals surface area contributed by atoms with Gasteiger partial charge in [-0.2, -0.15) is 0 Å². The number of hydrogen-bond acceptors (Lipinski definition) is 3. The van der Waals surface area contributed by atoms with E-state index in [0.29, 0.717) is 6.04 Å². The number of rotatable bonds is 3. The van der Waals surface area contributed by atoms with E-state index in [-0.39, 0.29) is 6.10 Å². The van der Waals surface area contributed by atoms with Crippen molar-refractivity contribution >= 4 is 5.69 Å². The fourth-order valence-electron chi connectivity index (χ4n) is 2.46. The van der Waals surface area contributed by atoms with Gasteiger partial charge in [-0.05, 0) is 38.5 Å². The molecule has 0 amide bonds. The van der Waals surface area contributed by atoms with Gasteiger partial charge in [0.1, 0.15) is 0 Å². The zero-order chi connectivity index (χ0) is 13.1. The average molecular weight is 248 g/mol. The van der Waals surface area contributed by atoms with Crippen molar-refractivity contribution in [3.63, 3.8) is 0 Å². The Kier molecular flexibility index (Phi) is 4.25. The Morgan fingerprint density at radius 1 is 0.944 bits per heavy atom. The highest BCUT2D eigenvalue weighted by atomic mass is 16.3. The first-order valence-electron chi connectivity index (χ1n) is 6.85. The molecule has 2 rings (SSSR count). The van der Waals surface area contributed by atoms with Gasteiger partial charge in [0, 0.05) is 37.9 Å². The molecule has 0 radical (unpaired) electrons. The summed E-state index contributed by atoms with van der Waals surface area (Å²) in [5.41, 5.74) is 2.25. The van der Waals surface area contributed by atoms with Crippen LogP contribution in [0.3, 0.4) is 0 Å². The van der Waals surface area contributed by atoms with Crippen LogP contribution in [0.25, 0.3) is 0 Å². The van der Waals surface area contributed by atoms with E-state index in [1.807, 2.05) is 12.1 Å². The first-order chi connectivity index (χ1) is 8.58. The third-order valence-electron chi connectivity index (χ3n) is 3.79. The standard InChI is InChI=1S/C15H24N2O/c1-12(2)16-8-10-17(11-9-16)15-6-4-14(5-7-15)13(3)18/h4-7,12-13,18H,8-11H2,1-3H3/t13-/m0/s1. The molecule has 1 aromatic carbocycles. The van der Waals surface area contributed by atoms with Gasteiger partial charge in [-0.1, -0.05) is 12.1 Å². The van der Waals surface area contributed by atoms with E-state index in [0.717, 1.165) is 31.7 Å². The van der Waals surface area contributed by atoms with Gasteiger partial charge < -0.3 is 10.0 Å². The van der Waals surface area contributed by atoms with Crippen molar-refractivity contribution in [2.75, 3.05) is 31.1 Å². The molecule has 0 saturated carbocycles. The van der Waals surface area contributed by atoms with Crippen molar-refractivity contribution in [1.82, 2.24) is 4.90 Å². The SMILES string of the molecule is CC(C)N1CCN(c2ccc([C@H](C)O)cc2)CC1. The van der Waals surface area contributed by atoms with E-state index in [2.05, 4.69) is 35.8 Å². The second-order valence-corrected chi connectivity index (χ2v) is 5.38. The fourth-order valence-corrected chi connectivity index (χ4v) is 2.46. The zero-order valence-corrected chi connectivity index (χ0v) is 11.6. The van der Waals surface area contributed by atoms with E-state index in [1.165, 1.54) is 5.69 Å². The predicted molar refractivity (Wildman–Crippen MR) is 76.0 cm³/mol. The predicted octanol–water partition coefficient (Wildman–Crippen LogP) is 2.27. The quantitative estimate of drug-likeness (QED) is 0.889. The van der Waals surface area contributed by atoms with Crippen LogP contribution in [-0.2, 0) is 0 Å². The molecule has 1 fully saturated rings. The molecule has 1 N–H and O–H groups in total. The molecule has 3 heteroatoms. The number of aliphatic hydroxyl groups is 1. The Labute approximate surface area is 110 Å². The molecular formula is C15H24N2O. The van der Waals surface area contributed by atoms with Crippen LogP contribution < -0.4 is 4.90 Å². The van der Waals surface area contributed by atoms with E-state index in [4.69, 9.17) is 0 Å². The first-order valence-corrected chi connectivity index (χ1v) is 6.85. The van der Waals surface area contributed by atoms with Crippen LogP contribution in [0.15, 0.2) is 24.3 Å². The third-order valence-corrected chi connectivity index (χ3v) is 3.79. The molecule has 0 bridgehead atoms. The van der Waals surface area contributed by atoms with Crippen LogP contribution in [0, 0.1) is 0 Å². The minimum Gasteiger partial charge on any atom is -0.389 e. The van der Waals surface area contributed by atoms with Gasteiger partial charge in [0.15, 0.2) is 0 Å². The van der Waals surface area contributed by atoms with Crippen molar-refractivity contribution in [2.45, 2.75) is 32.9 Å². The van der Waals surface area contributed by atoms with Crippen LogP contribution in [0.1, 0.15) is 32.4 Å². The summed E-state index contributed by atoms with van der Waals surface area (Å²) in [5.74, 6) is 0. The normalized spacial score (nSPS) is 19.3. The lowest BCUT2D eigenvalue weighted by atomic mass is 10.1. The number of nitrogens with zero attached hydrogens (tertiary/aromatic N) is 2. The summed E-state index contributed by atoms with van der Waals surface area (Å²) in [4.78, 5) is 4.94. The molecule has 1 saturated heterocycles. The van der Waals surface area contributed by atoms with Crippen LogP contribution in [0.5, 0.6) is 0 Å². The van der Waals surface area contributed by atoms with Crippen LogP contribution in [-0.4, -0.2) is 42.2 Å². The Morgan fingerprint density at radius 3 is 1.94 bits per heavy atom. The van der Waals surface area contributed by atoms with Gasteiger partial charge in [-0.15, -0.1) is 0 Å². The number of piperazine rings is 1. The average Bonchev–Trinajstić information content (AvgIpc) is 2.39. The lowest BCUT2D eigenvalue weighted by Gasteiger charge is -2.38. The summed E-state index contributed by atoms with van der Waals surface area (Å²) in [6, 6.07) is 8.92. The first kappa shape index (κ1) is 13.4. The van der Waals surface area contributed by atoms with Gasteiger partial charge in [0.25, 0.3) is 0 Å². The van der Waals surface area contributed by atoms with E-state index < -0.39 is 0 Å². The molecule has 0 aromatic heterocycles. The van der Waals surface area contributed by atoms with Crippen molar-refractivity contribution in [3.8, 4) is 0 Å². The van der Waals surface area contributed by atoms with Gasteiger partial charge in [-0.3, -0.25) is 4.90 Å². The van der Waals surface area contributed by atoms with Gasteiger partial charge in [0.05, 0.1) is 6.10 Å². The smallest absolute Gasteiger partial charge is 0.0761 e. The molecule has 1 aromatic rings. The lowest BCUT2D eigenvalue weighted by molar-refractivity contribution is 0.199. The highest BCUT2D eigenvalue weighted by Crippen LogP contribution is 2.20. The summed E-state index contributed by atoms with van der Waals surface area (Å²) in [6.07, 6.45) is -0.378. The van der Waals surface area contributed by atoms with Crippen LogP contribution >= 0.6 is 0 Å². The Bertz CT molecular complexity index is 365. The second-order valence-electron chi connectivity index (χ2n) is 5.38. The molecule has 100 valence electrons. The van der Waals surface area contributed by atoms with Crippen LogP contribution in [0.2, 0.25) is 0 Å². The highest BCUT2D eigenvalue weighted by molar-refractivity contribution is 5.48. The number of aliphatic hydroxyl groups excluding tert-OH is 1. The number of hydrogen-bond donors (Lipinski definition) is 1. The van der Waals surface area contributed by atoms with Crippen molar-refractivity contribution < 1.29 is 5.11 Å². The Morgan fingerprint density at radius 2 is 1.50 bits per heavy atom. The van der Waals surface area contributed by atoms with Crippen molar-refractivity contribution in [2.24, 2.45) is 0 Å². The molecule has 1 aliphatic heterocycles. The van der Waals surface area contributed by atoms with Crippen LogP contribution in [0.4, 0.5) is 5.69 Å². The lowest BCUT2D eigenvalue weighted by Crippen LogP contribution is -2.48. The monoisotopic (exact) mass is 248 g/mol. The minimum absolute atomic E-state index is 0.378. The number of benzene rings is 1. The van der Waals surface area contributed by atoms with Crippen molar-refractivity contribution in [1.29, 1.82) is 0 Å². The fraction of sp³-hybridized carbons (Fsp3) is 0.600. The minimum atomic E-state index is -0.378. The summed E-state index contributed by atoms with van der Waals surface area (Å²) in [5, 5.41) is 9.50. The summed E-state index contributed by atoms with van der Waals surface area (Å²) in [7, 11) is 0. The Balaban J connectivity index is 1.97. The van der Waals surface area contributed by atoms with Crippen molar-refractivity contribution in [3.05, 3.63) is 29.8 Å². The number of anilines is 1. The van der Waals surface area contributed by atoms with E-state index >= 15 is 0 Å². The molecule has 0 aliphatic carbocycles. The second kappa shape index (κ2) is 5.72. The third kappa shape index (κ3) is 3.03. The summed E-state index contributed by atoms with van der Waals surface area (Å²) >= 11 is 0. The maximum atomic E-state index is 9.50. The molecule has 0 spiro atoms. The highest BCUT2D eigenvalue weighted by Gasteiger charge is 2.18. The maximum absolute atomic E-state index is 9.50. The largest absolute Gasteiger partial charge is 0.389 e. The topological polar surface area (TPSA) is 26.7 Å². The molecule has 1 aliphatic rings. The maximum Gasteiger partial charge on any atom is 0.0761 e. The molecule has 3 nitrogen and oxygen atoms in total. The molecule has 0 unspecified atom stereocenters. The molecule has 18 heavy (non-hydrogen) atoms. The molecular weight excluding hydrogens is 224 g/mol. The van der Waals surface area contributed by atoms with Gasteiger partial charge >= 0.3 is 0 Å². The van der Waals surface area contributed by atoms with Gasteiger partial charge in [-0.25, -0.2) is 0 Å². The van der Waals surface area contributed by atoms with E-state index in [1.54, 1.807) is 6.92 Å². The van der Waals surface area contributed by atoms with Gasteiger partial charge in [0.2, 0.25) is 0 Å². The molecule has 1 heterocycles. The van der Waals surface area contributed by atoms with E-state index in [9.17, 15) is 5.11 Å².